The van der Waals surface area contributed by atoms with Crippen LogP contribution in [0.25, 0.3) is 0 Å². The predicted molar refractivity (Wildman–Crippen MR) is 86.7 cm³/mol. The van der Waals surface area contributed by atoms with Crippen LogP contribution >= 0.6 is 0 Å². The van der Waals surface area contributed by atoms with E-state index in [1.807, 2.05) is 12.1 Å². The zero-order chi connectivity index (χ0) is 15.3. The fraction of sp³-hybridized carbons (Fsp3) is 0.667. The van der Waals surface area contributed by atoms with Crippen molar-refractivity contribution < 1.29 is 9.84 Å². The van der Waals surface area contributed by atoms with Crippen LogP contribution in [0, 0.1) is 12.8 Å². The minimum absolute atomic E-state index is 0.106. The first-order chi connectivity index (χ1) is 10.1. The summed E-state index contributed by atoms with van der Waals surface area (Å²) in [6, 6.07) is 8.59. The van der Waals surface area contributed by atoms with E-state index in [0.29, 0.717) is 12.0 Å². The standard InChI is InChI=1S/C18H29NO2/c1-14(2)19-18(13-20)11-4-5-16(18)10-12-21-17-8-6-15(3)7-9-17/h6-9,14,16,19-20H,4-5,10-13H2,1-3H3. The third-order valence-electron chi connectivity index (χ3n) is 4.57. The molecule has 2 unspecified atom stereocenters. The summed E-state index contributed by atoms with van der Waals surface area (Å²) in [5, 5.41) is 13.5. The molecular weight excluding hydrogens is 262 g/mol. The van der Waals surface area contributed by atoms with Gasteiger partial charge < -0.3 is 15.2 Å². The Morgan fingerprint density at radius 2 is 2.05 bits per heavy atom. The quantitative estimate of drug-likeness (QED) is 0.810. The molecule has 0 bridgehead atoms. The molecule has 1 fully saturated rings. The molecule has 21 heavy (non-hydrogen) atoms. The van der Waals surface area contributed by atoms with Crippen LogP contribution in [0.3, 0.4) is 0 Å². The van der Waals surface area contributed by atoms with Crippen LogP contribution in [-0.4, -0.2) is 29.9 Å². The first-order valence-electron chi connectivity index (χ1n) is 8.14. The molecule has 2 N–H and O–H groups in total. The lowest BCUT2D eigenvalue weighted by molar-refractivity contribution is 0.102. The van der Waals surface area contributed by atoms with E-state index in [-0.39, 0.29) is 12.1 Å². The van der Waals surface area contributed by atoms with Gasteiger partial charge in [-0.1, -0.05) is 38.0 Å². The van der Waals surface area contributed by atoms with Crippen LogP contribution in [0.2, 0.25) is 0 Å². The van der Waals surface area contributed by atoms with Gasteiger partial charge in [0.1, 0.15) is 5.75 Å². The van der Waals surface area contributed by atoms with Crippen molar-refractivity contribution in [2.45, 2.75) is 58.0 Å². The van der Waals surface area contributed by atoms with Crippen LogP contribution in [0.15, 0.2) is 24.3 Å². The van der Waals surface area contributed by atoms with Gasteiger partial charge in [-0.05, 0) is 44.2 Å². The van der Waals surface area contributed by atoms with Gasteiger partial charge in [0.05, 0.1) is 13.2 Å². The highest BCUT2D eigenvalue weighted by Gasteiger charge is 2.42. The number of aryl methyl sites for hydroxylation is 1. The number of nitrogens with one attached hydrogen (secondary N) is 1. The Morgan fingerprint density at radius 1 is 1.33 bits per heavy atom. The average Bonchev–Trinajstić information content (AvgIpc) is 2.84. The van der Waals surface area contributed by atoms with E-state index in [9.17, 15) is 5.11 Å². The van der Waals surface area contributed by atoms with E-state index in [2.05, 4.69) is 38.2 Å². The van der Waals surface area contributed by atoms with Crippen LogP contribution < -0.4 is 10.1 Å². The molecule has 118 valence electrons. The molecule has 0 saturated heterocycles. The lowest BCUT2D eigenvalue weighted by Gasteiger charge is -2.37. The molecule has 0 aliphatic heterocycles. The highest BCUT2D eigenvalue weighted by atomic mass is 16.5. The number of benzene rings is 1. The largest absolute Gasteiger partial charge is 0.494 e. The maximum absolute atomic E-state index is 9.88. The summed E-state index contributed by atoms with van der Waals surface area (Å²) in [7, 11) is 0. The predicted octanol–water partition coefficient (Wildman–Crippen LogP) is 3.29. The summed E-state index contributed by atoms with van der Waals surface area (Å²) in [6.45, 7) is 7.32. The molecular formula is C18H29NO2. The molecule has 1 aliphatic carbocycles. The molecule has 2 atom stereocenters. The molecule has 1 aromatic carbocycles. The van der Waals surface area contributed by atoms with Crippen molar-refractivity contribution >= 4 is 0 Å². The summed E-state index contributed by atoms with van der Waals surface area (Å²) >= 11 is 0. The zero-order valence-corrected chi connectivity index (χ0v) is 13.6. The zero-order valence-electron chi connectivity index (χ0n) is 13.6. The Labute approximate surface area is 128 Å². The van der Waals surface area contributed by atoms with E-state index in [0.717, 1.165) is 25.2 Å². The lowest BCUT2D eigenvalue weighted by atomic mass is 9.85. The topological polar surface area (TPSA) is 41.5 Å². The number of ether oxygens (including phenoxy) is 1. The second kappa shape index (κ2) is 7.28. The van der Waals surface area contributed by atoms with E-state index in [1.54, 1.807) is 0 Å². The van der Waals surface area contributed by atoms with Crippen molar-refractivity contribution in [3.63, 3.8) is 0 Å². The van der Waals surface area contributed by atoms with E-state index < -0.39 is 0 Å². The molecule has 0 radical (unpaired) electrons. The molecule has 0 heterocycles. The van der Waals surface area contributed by atoms with Crippen LogP contribution in [0.5, 0.6) is 5.75 Å². The van der Waals surface area contributed by atoms with Gasteiger partial charge in [-0.3, -0.25) is 0 Å². The number of rotatable bonds is 7. The van der Waals surface area contributed by atoms with E-state index in [4.69, 9.17) is 4.74 Å². The molecule has 1 aliphatic rings. The Balaban J connectivity index is 1.87. The van der Waals surface area contributed by atoms with Gasteiger partial charge in [0, 0.05) is 11.6 Å². The summed E-state index contributed by atoms with van der Waals surface area (Å²) in [6.07, 6.45) is 4.43. The number of aliphatic hydroxyl groups is 1. The van der Waals surface area contributed by atoms with Crippen molar-refractivity contribution in [1.29, 1.82) is 0 Å². The highest BCUT2D eigenvalue weighted by Crippen LogP contribution is 2.38. The van der Waals surface area contributed by atoms with Crippen molar-refractivity contribution in [2.75, 3.05) is 13.2 Å². The molecule has 3 heteroatoms. The number of hydrogen-bond donors (Lipinski definition) is 2. The monoisotopic (exact) mass is 291 g/mol. The van der Waals surface area contributed by atoms with Crippen LogP contribution in [0.4, 0.5) is 0 Å². The summed E-state index contributed by atoms with van der Waals surface area (Å²) < 4.78 is 5.86. The van der Waals surface area contributed by atoms with Crippen molar-refractivity contribution in [2.24, 2.45) is 5.92 Å². The smallest absolute Gasteiger partial charge is 0.119 e. The Bertz CT molecular complexity index is 429. The van der Waals surface area contributed by atoms with Gasteiger partial charge in [-0.15, -0.1) is 0 Å². The van der Waals surface area contributed by atoms with Gasteiger partial charge >= 0.3 is 0 Å². The van der Waals surface area contributed by atoms with Gasteiger partial charge in [0.2, 0.25) is 0 Å². The Morgan fingerprint density at radius 3 is 2.67 bits per heavy atom. The van der Waals surface area contributed by atoms with Crippen molar-refractivity contribution in [1.82, 2.24) is 5.32 Å². The molecule has 3 nitrogen and oxygen atoms in total. The van der Waals surface area contributed by atoms with Crippen molar-refractivity contribution in [3.05, 3.63) is 29.8 Å². The minimum Gasteiger partial charge on any atom is -0.494 e. The highest BCUT2D eigenvalue weighted by molar-refractivity contribution is 5.26. The van der Waals surface area contributed by atoms with E-state index >= 15 is 0 Å². The molecule has 1 saturated carbocycles. The van der Waals surface area contributed by atoms with Gasteiger partial charge in [0.15, 0.2) is 0 Å². The maximum atomic E-state index is 9.88. The van der Waals surface area contributed by atoms with Gasteiger partial charge in [-0.25, -0.2) is 0 Å². The van der Waals surface area contributed by atoms with Crippen LogP contribution in [0.1, 0.15) is 45.1 Å². The first kappa shape index (κ1) is 16.3. The third kappa shape index (κ3) is 4.21. The first-order valence-corrected chi connectivity index (χ1v) is 8.14. The second-order valence-corrected chi connectivity index (χ2v) is 6.65. The minimum atomic E-state index is -0.106. The van der Waals surface area contributed by atoms with Crippen molar-refractivity contribution in [3.8, 4) is 5.75 Å². The molecule has 1 aromatic rings. The number of aliphatic hydroxyl groups excluding tert-OH is 1. The molecule has 0 amide bonds. The summed E-state index contributed by atoms with van der Waals surface area (Å²) in [5.41, 5.74) is 1.14. The molecule has 2 rings (SSSR count). The summed E-state index contributed by atoms with van der Waals surface area (Å²) in [4.78, 5) is 0. The number of hydrogen-bond acceptors (Lipinski definition) is 3. The van der Waals surface area contributed by atoms with Crippen LogP contribution in [-0.2, 0) is 0 Å². The van der Waals surface area contributed by atoms with Gasteiger partial charge in [0.25, 0.3) is 0 Å². The fourth-order valence-electron chi connectivity index (χ4n) is 3.54. The lowest BCUT2D eigenvalue weighted by Crippen LogP contribution is -2.54. The second-order valence-electron chi connectivity index (χ2n) is 6.65. The Kier molecular flexibility index (Phi) is 5.65. The average molecular weight is 291 g/mol. The third-order valence-corrected chi connectivity index (χ3v) is 4.57. The van der Waals surface area contributed by atoms with E-state index in [1.165, 1.54) is 18.4 Å². The molecule has 0 spiro atoms. The SMILES string of the molecule is Cc1ccc(OCCC2CCCC2(CO)NC(C)C)cc1. The Hall–Kier alpha value is -1.06. The van der Waals surface area contributed by atoms with Gasteiger partial charge in [-0.2, -0.15) is 0 Å². The fourth-order valence-corrected chi connectivity index (χ4v) is 3.54. The summed E-state index contributed by atoms with van der Waals surface area (Å²) in [5.74, 6) is 1.43. The maximum Gasteiger partial charge on any atom is 0.119 e. The molecule has 0 aromatic heterocycles. The normalized spacial score (nSPS) is 25.5.